The molecule has 0 atom stereocenters. The highest BCUT2D eigenvalue weighted by molar-refractivity contribution is 6.25. The zero-order chi connectivity index (χ0) is 47.3. The SMILES string of the molecule is CC1(C)C2=C(CCC=C2)c2ccc(N(c3ccc4c(c3)C(C)(C)C3=C4C=CCC3)c3ccc4c(c3)C(C)(C)c3cc(-c5cc6cc(-c7ccccc7)c7ccccc7c6c6ccccc56)ccc3-4)cc21. The molecule has 5 aliphatic rings. The van der Waals surface area contributed by atoms with Crippen LogP contribution in [0.2, 0.25) is 0 Å². The topological polar surface area (TPSA) is 3.24 Å². The van der Waals surface area contributed by atoms with Gasteiger partial charge in [0.25, 0.3) is 0 Å². The first-order valence-electron chi connectivity index (χ1n) is 25.6. The molecule has 0 aliphatic heterocycles. The molecular formula is C69H57N. The average Bonchev–Trinajstić information content (AvgIpc) is 3.87. The number of anilines is 3. The summed E-state index contributed by atoms with van der Waals surface area (Å²) >= 11 is 0. The van der Waals surface area contributed by atoms with Gasteiger partial charge in [0.05, 0.1) is 0 Å². The first-order valence-corrected chi connectivity index (χ1v) is 25.6. The standard InChI is InChI=1S/C69H57N/c1-67(2)60-26-16-14-22-50(60)53-33-29-45(39-63(53)67)70(46-30-34-54-51-23-15-17-27-61(51)68(3,4)64(54)40-46)47-31-35-55-52-32-28-43(38-62(52)69(5,6)65(55)41-47)59-37-44-36-58(42-18-8-7-9-19-42)48-20-10-12-24-56(48)66(44)57-25-13-11-21-49(57)59/h7-14,17-22,24-25,27-41H,15-16,23,26H2,1-6H3. The van der Waals surface area contributed by atoms with E-state index in [-0.39, 0.29) is 16.2 Å². The molecule has 0 aromatic heterocycles. The summed E-state index contributed by atoms with van der Waals surface area (Å²) in [7, 11) is 0. The van der Waals surface area contributed by atoms with Crippen molar-refractivity contribution in [3.63, 3.8) is 0 Å². The van der Waals surface area contributed by atoms with E-state index in [0.29, 0.717) is 0 Å². The summed E-state index contributed by atoms with van der Waals surface area (Å²) in [4.78, 5) is 2.56. The van der Waals surface area contributed by atoms with E-state index in [2.05, 4.69) is 235 Å². The molecule has 9 aromatic carbocycles. The molecule has 5 aliphatic carbocycles. The van der Waals surface area contributed by atoms with Crippen molar-refractivity contribution in [1.82, 2.24) is 0 Å². The number of hydrogen-bond donors (Lipinski definition) is 0. The summed E-state index contributed by atoms with van der Waals surface area (Å²) < 4.78 is 0. The van der Waals surface area contributed by atoms with Crippen LogP contribution in [-0.2, 0) is 16.2 Å². The molecule has 0 radical (unpaired) electrons. The molecular weight excluding hydrogens is 843 g/mol. The lowest BCUT2D eigenvalue weighted by Crippen LogP contribution is -2.20. The van der Waals surface area contributed by atoms with E-state index in [0.717, 1.165) is 25.7 Å². The Morgan fingerprint density at radius 3 is 1.57 bits per heavy atom. The van der Waals surface area contributed by atoms with Crippen LogP contribution in [0.15, 0.2) is 199 Å². The van der Waals surface area contributed by atoms with Gasteiger partial charge in [-0.15, -0.1) is 0 Å². The van der Waals surface area contributed by atoms with Gasteiger partial charge in [0.2, 0.25) is 0 Å². The molecule has 1 heteroatoms. The van der Waals surface area contributed by atoms with E-state index >= 15 is 0 Å². The zero-order valence-electron chi connectivity index (χ0n) is 41.2. The Morgan fingerprint density at radius 2 is 0.900 bits per heavy atom. The fourth-order valence-corrected chi connectivity index (χ4v) is 13.8. The van der Waals surface area contributed by atoms with Gasteiger partial charge >= 0.3 is 0 Å². The zero-order valence-corrected chi connectivity index (χ0v) is 41.2. The molecule has 338 valence electrons. The van der Waals surface area contributed by atoms with Gasteiger partial charge < -0.3 is 4.90 Å². The van der Waals surface area contributed by atoms with Crippen LogP contribution in [-0.4, -0.2) is 0 Å². The van der Waals surface area contributed by atoms with Crippen LogP contribution in [0.1, 0.15) is 101 Å². The lowest BCUT2D eigenvalue weighted by atomic mass is 9.78. The number of nitrogens with zero attached hydrogens (tertiary/aromatic N) is 1. The molecule has 9 aromatic rings. The molecule has 0 saturated carbocycles. The van der Waals surface area contributed by atoms with Gasteiger partial charge in [-0.05, 0) is 196 Å². The Labute approximate surface area is 412 Å². The van der Waals surface area contributed by atoms with E-state index in [1.165, 1.54) is 133 Å². The summed E-state index contributed by atoms with van der Waals surface area (Å²) in [6, 6.07) is 63.0. The molecule has 0 N–H and O–H groups in total. The van der Waals surface area contributed by atoms with E-state index < -0.39 is 0 Å². The normalized spacial score (nSPS) is 17.5. The van der Waals surface area contributed by atoms with Crippen molar-refractivity contribution < 1.29 is 0 Å². The van der Waals surface area contributed by atoms with Gasteiger partial charge in [0, 0.05) is 33.3 Å². The minimum Gasteiger partial charge on any atom is -0.310 e. The second-order valence-corrected chi connectivity index (χ2v) is 22.2. The molecule has 0 amide bonds. The maximum absolute atomic E-state index is 2.56. The molecule has 0 spiro atoms. The summed E-state index contributed by atoms with van der Waals surface area (Å²) in [5.41, 5.74) is 25.5. The average molecular weight is 900 g/mol. The van der Waals surface area contributed by atoms with Crippen molar-refractivity contribution >= 4 is 60.5 Å². The van der Waals surface area contributed by atoms with Crippen molar-refractivity contribution in [1.29, 1.82) is 0 Å². The smallest absolute Gasteiger partial charge is 0.0465 e. The second-order valence-electron chi connectivity index (χ2n) is 22.2. The Morgan fingerprint density at radius 1 is 0.386 bits per heavy atom. The molecule has 1 nitrogen and oxygen atoms in total. The molecule has 0 bridgehead atoms. The third-order valence-electron chi connectivity index (χ3n) is 17.4. The number of hydrogen-bond acceptors (Lipinski definition) is 1. The van der Waals surface area contributed by atoms with Gasteiger partial charge in [-0.2, -0.15) is 0 Å². The predicted octanol–water partition coefficient (Wildman–Crippen LogP) is 19.0. The number of benzene rings is 9. The fraction of sp³-hybridized carbons (Fsp3) is 0.188. The van der Waals surface area contributed by atoms with E-state index in [1.54, 1.807) is 5.57 Å². The van der Waals surface area contributed by atoms with Crippen molar-refractivity contribution in [3.8, 4) is 33.4 Å². The van der Waals surface area contributed by atoms with Crippen LogP contribution >= 0.6 is 0 Å². The third kappa shape index (κ3) is 5.78. The minimum absolute atomic E-state index is 0.0278. The van der Waals surface area contributed by atoms with Gasteiger partial charge in [0.1, 0.15) is 0 Å². The number of rotatable bonds is 5. The predicted molar refractivity (Wildman–Crippen MR) is 299 cm³/mol. The highest BCUT2D eigenvalue weighted by Gasteiger charge is 2.41. The van der Waals surface area contributed by atoms with E-state index in [4.69, 9.17) is 0 Å². The fourth-order valence-electron chi connectivity index (χ4n) is 13.8. The Hall–Kier alpha value is -7.48. The van der Waals surface area contributed by atoms with E-state index in [1.807, 2.05) is 0 Å². The molecule has 0 saturated heterocycles. The Kier molecular flexibility index (Phi) is 8.75. The van der Waals surface area contributed by atoms with Gasteiger partial charge in [-0.1, -0.05) is 181 Å². The summed E-state index contributed by atoms with van der Waals surface area (Å²) in [5.74, 6) is 0. The highest BCUT2D eigenvalue weighted by Crippen LogP contribution is 2.56. The summed E-state index contributed by atoms with van der Waals surface area (Å²) in [5, 5.41) is 7.75. The Bertz CT molecular complexity index is 3900. The van der Waals surface area contributed by atoms with Crippen LogP contribution in [0.3, 0.4) is 0 Å². The first-order chi connectivity index (χ1) is 34.0. The van der Waals surface area contributed by atoms with Crippen molar-refractivity contribution in [2.24, 2.45) is 0 Å². The molecule has 0 fully saturated rings. The van der Waals surface area contributed by atoms with Crippen LogP contribution in [0.25, 0.3) is 76.8 Å². The molecule has 14 rings (SSSR count). The van der Waals surface area contributed by atoms with Crippen LogP contribution in [0, 0.1) is 0 Å². The van der Waals surface area contributed by atoms with Crippen LogP contribution < -0.4 is 4.90 Å². The number of fused-ring (bicyclic) bond motifs is 12. The summed E-state index contributed by atoms with van der Waals surface area (Å²) in [6.07, 6.45) is 14.0. The van der Waals surface area contributed by atoms with Crippen molar-refractivity contribution in [3.05, 3.63) is 233 Å². The second kappa shape index (κ2) is 14.8. The first kappa shape index (κ1) is 41.5. The van der Waals surface area contributed by atoms with Crippen molar-refractivity contribution in [2.75, 3.05) is 4.90 Å². The van der Waals surface area contributed by atoms with Crippen molar-refractivity contribution in [2.45, 2.75) is 83.5 Å². The lowest BCUT2D eigenvalue weighted by molar-refractivity contribution is 0.607. The van der Waals surface area contributed by atoms with E-state index in [9.17, 15) is 0 Å². The third-order valence-corrected chi connectivity index (χ3v) is 17.4. The number of allylic oxidation sites excluding steroid dienone is 8. The van der Waals surface area contributed by atoms with Gasteiger partial charge in [-0.3, -0.25) is 0 Å². The monoisotopic (exact) mass is 899 g/mol. The maximum atomic E-state index is 2.56. The highest BCUT2D eigenvalue weighted by atomic mass is 15.1. The quantitative estimate of drug-likeness (QED) is 0.156. The van der Waals surface area contributed by atoms with Gasteiger partial charge in [0.15, 0.2) is 0 Å². The van der Waals surface area contributed by atoms with Crippen LogP contribution in [0.5, 0.6) is 0 Å². The molecule has 0 heterocycles. The van der Waals surface area contributed by atoms with Gasteiger partial charge in [-0.25, -0.2) is 0 Å². The van der Waals surface area contributed by atoms with Crippen LogP contribution in [0.4, 0.5) is 17.1 Å². The largest absolute Gasteiger partial charge is 0.310 e. The molecule has 70 heavy (non-hydrogen) atoms. The minimum atomic E-state index is -0.240. The summed E-state index contributed by atoms with van der Waals surface area (Å²) in [6.45, 7) is 14.6. The molecule has 0 unspecified atom stereocenters. The maximum Gasteiger partial charge on any atom is 0.0465 e. The lowest BCUT2D eigenvalue weighted by Gasteiger charge is -2.31. The Balaban J connectivity index is 0.911.